The molecule has 0 aliphatic rings. The molecule has 0 atom stereocenters. The molecule has 0 bridgehead atoms. The lowest BCUT2D eigenvalue weighted by molar-refractivity contribution is 0.547. The van der Waals surface area contributed by atoms with Crippen molar-refractivity contribution in [3.63, 3.8) is 0 Å². The quantitative estimate of drug-likeness (QED) is 0.475. The molecular formula is C5H12FNO2S. The monoisotopic (exact) mass is 169 g/mol. The average Bonchev–Trinajstić information content (AvgIpc) is 1.78. The molecule has 0 heterocycles. The Bertz CT molecular complexity index is 166. The third kappa shape index (κ3) is 7.84. The van der Waals surface area contributed by atoms with Gasteiger partial charge in [0.25, 0.3) is 0 Å². The van der Waals surface area contributed by atoms with Crippen LogP contribution in [0.15, 0.2) is 0 Å². The van der Waals surface area contributed by atoms with Gasteiger partial charge in [-0.1, -0.05) is 6.92 Å². The van der Waals surface area contributed by atoms with E-state index >= 15 is 0 Å². The molecule has 3 nitrogen and oxygen atoms in total. The van der Waals surface area contributed by atoms with Gasteiger partial charge in [-0.3, -0.25) is 0 Å². The maximum atomic E-state index is 11.8. The van der Waals surface area contributed by atoms with Crippen molar-refractivity contribution in [3.8, 4) is 0 Å². The van der Waals surface area contributed by atoms with Crippen molar-refractivity contribution in [1.29, 1.82) is 0 Å². The van der Waals surface area contributed by atoms with E-state index in [0.717, 1.165) is 6.54 Å². The second-order valence-electron chi connectivity index (χ2n) is 1.95. The molecule has 0 aromatic carbocycles. The largest absolute Gasteiger partial charge is 0.317 e. The van der Waals surface area contributed by atoms with Crippen molar-refractivity contribution in [2.24, 2.45) is 0 Å². The Balaban J connectivity index is 3.21. The highest BCUT2D eigenvalue weighted by atomic mass is 32.3. The number of hydrogen-bond acceptors (Lipinski definition) is 3. The van der Waals surface area contributed by atoms with Crippen LogP contribution in [0.3, 0.4) is 0 Å². The molecule has 0 aliphatic heterocycles. The molecule has 0 spiro atoms. The molecule has 62 valence electrons. The number of nitrogens with one attached hydrogen (secondary N) is 1. The number of rotatable bonds is 5. The fraction of sp³-hybridized carbons (Fsp3) is 1.00. The van der Waals surface area contributed by atoms with E-state index in [4.69, 9.17) is 0 Å². The standard InChI is InChI=1S/C5H12FNO2S/c1-2-7-4-3-5-10(6,8)9/h7H,2-5H2,1H3. The molecule has 0 aliphatic carbocycles. The lowest BCUT2D eigenvalue weighted by atomic mass is 10.5. The van der Waals surface area contributed by atoms with Gasteiger partial charge in [0.05, 0.1) is 5.75 Å². The third-order valence-corrected chi connectivity index (χ3v) is 1.77. The van der Waals surface area contributed by atoms with Crippen LogP contribution in [-0.4, -0.2) is 27.3 Å². The Morgan fingerprint density at radius 3 is 2.50 bits per heavy atom. The lowest BCUT2D eigenvalue weighted by Gasteiger charge is -1.96. The minimum atomic E-state index is -4.24. The smallest absolute Gasteiger partial charge is 0.302 e. The van der Waals surface area contributed by atoms with E-state index in [9.17, 15) is 12.3 Å². The van der Waals surface area contributed by atoms with E-state index in [1.165, 1.54) is 0 Å². The van der Waals surface area contributed by atoms with Crippen LogP contribution >= 0.6 is 0 Å². The van der Waals surface area contributed by atoms with E-state index < -0.39 is 10.2 Å². The summed E-state index contributed by atoms with van der Waals surface area (Å²) in [7, 11) is -4.24. The SMILES string of the molecule is CCNCCCS(=O)(=O)F. The van der Waals surface area contributed by atoms with Gasteiger partial charge in [-0.05, 0) is 19.5 Å². The van der Waals surface area contributed by atoms with Crippen molar-refractivity contribution in [1.82, 2.24) is 5.32 Å². The van der Waals surface area contributed by atoms with Crippen molar-refractivity contribution in [3.05, 3.63) is 0 Å². The van der Waals surface area contributed by atoms with Gasteiger partial charge in [0, 0.05) is 0 Å². The molecule has 0 saturated carbocycles. The van der Waals surface area contributed by atoms with Crippen LogP contribution < -0.4 is 5.32 Å². The molecule has 0 unspecified atom stereocenters. The van der Waals surface area contributed by atoms with Gasteiger partial charge in [0.15, 0.2) is 0 Å². The summed E-state index contributed by atoms with van der Waals surface area (Å²) in [6, 6.07) is 0. The first-order chi connectivity index (χ1) is 4.56. The fourth-order valence-electron chi connectivity index (χ4n) is 0.546. The van der Waals surface area contributed by atoms with Gasteiger partial charge in [0.1, 0.15) is 0 Å². The summed E-state index contributed by atoms with van der Waals surface area (Å²) in [6.45, 7) is 3.25. The maximum Gasteiger partial charge on any atom is 0.302 e. The molecule has 0 aromatic heterocycles. The number of halogens is 1. The molecule has 0 radical (unpaired) electrons. The van der Waals surface area contributed by atoms with E-state index in [0.29, 0.717) is 13.0 Å². The van der Waals surface area contributed by atoms with Crippen molar-refractivity contribution in [2.75, 3.05) is 18.8 Å². The van der Waals surface area contributed by atoms with E-state index in [-0.39, 0.29) is 5.75 Å². The second-order valence-corrected chi connectivity index (χ2v) is 3.44. The fourth-order valence-corrected chi connectivity index (χ4v) is 1.04. The lowest BCUT2D eigenvalue weighted by Crippen LogP contribution is -2.16. The van der Waals surface area contributed by atoms with Crippen molar-refractivity contribution >= 4 is 10.2 Å². The van der Waals surface area contributed by atoms with Crippen LogP contribution in [-0.2, 0) is 10.2 Å². The first-order valence-electron chi connectivity index (χ1n) is 3.19. The van der Waals surface area contributed by atoms with E-state index in [1.54, 1.807) is 0 Å². The van der Waals surface area contributed by atoms with Crippen LogP contribution in [0.25, 0.3) is 0 Å². The molecule has 10 heavy (non-hydrogen) atoms. The van der Waals surface area contributed by atoms with Crippen LogP contribution in [0, 0.1) is 0 Å². The highest BCUT2D eigenvalue weighted by molar-refractivity contribution is 7.86. The maximum absolute atomic E-state index is 11.8. The predicted molar refractivity (Wildman–Crippen MR) is 38.1 cm³/mol. The Morgan fingerprint density at radius 2 is 2.10 bits per heavy atom. The molecule has 5 heteroatoms. The molecule has 0 saturated heterocycles. The molecule has 1 N–H and O–H groups in total. The van der Waals surface area contributed by atoms with E-state index in [2.05, 4.69) is 5.32 Å². The first kappa shape index (κ1) is 9.84. The normalized spacial score (nSPS) is 11.8. The minimum absolute atomic E-state index is 0.340. The van der Waals surface area contributed by atoms with Crippen LogP contribution in [0.5, 0.6) is 0 Å². The first-order valence-corrected chi connectivity index (χ1v) is 4.74. The zero-order valence-corrected chi connectivity index (χ0v) is 6.75. The van der Waals surface area contributed by atoms with Crippen LogP contribution in [0.4, 0.5) is 3.89 Å². The van der Waals surface area contributed by atoms with Gasteiger partial charge in [-0.2, -0.15) is 8.42 Å². The zero-order chi connectivity index (χ0) is 8.04. The Kier molecular flexibility index (Phi) is 4.55. The molecular weight excluding hydrogens is 157 g/mol. The van der Waals surface area contributed by atoms with Crippen LogP contribution in [0.2, 0.25) is 0 Å². The highest BCUT2D eigenvalue weighted by Gasteiger charge is 2.04. The summed E-state index contributed by atoms with van der Waals surface area (Å²) in [5, 5.41) is 2.89. The van der Waals surface area contributed by atoms with Gasteiger partial charge in [0.2, 0.25) is 0 Å². The summed E-state index contributed by atoms with van der Waals surface area (Å²) in [6.07, 6.45) is 0.340. The number of hydrogen-bond donors (Lipinski definition) is 1. The van der Waals surface area contributed by atoms with Crippen molar-refractivity contribution < 1.29 is 12.3 Å². The Morgan fingerprint density at radius 1 is 1.50 bits per heavy atom. The van der Waals surface area contributed by atoms with Gasteiger partial charge in [-0.15, -0.1) is 3.89 Å². The molecule has 0 rings (SSSR count). The third-order valence-electron chi connectivity index (χ3n) is 0.992. The minimum Gasteiger partial charge on any atom is -0.317 e. The molecule has 0 amide bonds. The van der Waals surface area contributed by atoms with Crippen molar-refractivity contribution in [2.45, 2.75) is 13.3 Å². The van der Waals surface area contributed by atoms with E-state index in [1.807, 2.05) is 6.92 Å². The summed E-state index contributed by atoms with van der Waals surface area (Å²) >= 11 is 0. The van der Waals surface area contributed by atoms with Crippen LogP contribution in [0.1, 0.15) is 13.3 Å². The summed E-state index contributed by atoms with van der Waals surface area (Å²) in [5.41, 5.74) is 0. The summed E-state index contributed by atoms with van der Waals surface area (Å²) < 4.78 is 31.6. The average molecular weight is 169 g/mol. The van der Waals surface area contributed by atoms with Gasteiger partial charge < -0.3 is 5.32 Å². The zero-order valence-electron chi connectivity index (χ0n) is 5.93. The topological polar surface area (TPSA) is 46.2 Å². The highest BCUT2D eigenvalue weighted by Crippen LogP contribution is 1.92. The Labute approximate surface area is 60.8 Å². The van der Waals surface area contributed by atoms with Gasteiger partial charge >= 0.3 is 10.2 Å². The predicted octanol–water partition coefficient (Wildman–Crippen LogP) is 0.285. The summed E-state index contributed by atoms with van der Waals surface area (Å²) in [5.74, 6) is -0.375. The summed E-state index contributed by atoms with van der Waals surface area (Å²) in [4.78, 5) is 0. The molecule has 0 fully saturated rings. The molecule has 0 aromatic rings. The second kappa shape index (κ2) is 4.62. The van der Waals surface area contributed by atoms with Gasteiger partial charge in [-0.25, -0.2) is 0 Å². The Hall–Kier alpha value is -0.160.